The van der Waals surface area contributed by atoms with Crippen LogP contribution in [0.3, 0.4) is 0 Å². The lowest BCUT2D eigenvalue weighted by molar-refractivity contribution is -0.0506. The number of benzene rings is 1. The lowest BCUT2D eigenvalue weighted by atomic mass is 10.1. The number of hydrogen-bond donors (Lipinski definition) is 1. The van der Waals surface area contributed by atoms with E-state index in [1.807, 2.05) is 0 Å². The molecule has 0 saturated carbocycles. The van der Waals surface area contributed by atoms with Gasteiger partial charge in [-0.25, -0.2) is 13.1 Å². The predicted octanol–water partition coefficient (Wildman–Crippen LogP) is 3.14. The van der Waals surface area contributed by atoms with Gasteiger partial charge in [0.25, 0.3) is 0 Å². The van der Waals surface area contributed by atoms with E-state index in [2.05, 4.69) is 9.46 Å². The summed E-state index contributed by atoms with van der Waals surface area (Å²) in [6, 6.07) is 5.38. The quantitative estimate of drug-likeness (QED) is 0.739. The van der Waals surface area contributed by atoms with E-state index in [0.29, 0.717) is 5.56 Å². The summed E-state index contributed by atoms with van der Waals surface area (Å²) in [5, 5.41) is 0. The molecule has 1 aromatic carbocycles. The van der Waals surface area contributed by atoms with Crippen molar-refractivity contribution >= 4 is 21.6 Å². The van der Waals surface area contributed by atoms with Gasteiger partial charge in [0.1, 0.15) is 5.75 Å². The fourth-order valence-electron chi connectivity index (χ4n) is 1.84. The first-order valence-electron chi connectivity index (χ1n) is 6.35. The van der Waals surface area contributed by atoms with Crippen molar-refractivity contribution in [1.29, 1.82) is 0 Å². The summed E-state index contributed by atoms with van der Waals surface area (Å²) in [6.45, 7) is 0.313. The van der Waals surface area contributed by atoms with E-state index in [1.165, 1.54) is 18.2 Å². The molecule has 120 valence electrons. The first-order valence-corrected chi connectivity index (χ1v) is 8.53. The van der Waals surface area contributed by atoms with Crippen LogP contribution in [0.5, 0.6) is 5.75 Å². The average Bonchev–Trinajstić information content (AvgIpc) is 2.37. The molecule has 4 nitrogen and oxygen atoms in total. The maximum atomic E-state index is 12.3. The molecular weight excluding hydrogens is 324 g/mol. The summed E-state index contributed by atoms with van der Waals surface area (Å²) >= 11 is 5.60. The van der Waals surface area contributed by atoms with Gasteiger partial charge in [-0.3, -0.25) is 0 Å². The third-order valence-electron chi connectivity index (χ3n) is 2.73. The zero-order valence-corrected chi connectivity index (χ0v) is 13.3. The smallest absolute Gasteiger partial charge is 0.387 e. The van der Waals surface area contributed by atoms with Gasteiger partial charge in [0, 0.05) is 17.5 Å². The second-order valence-electron chi connectivity index (χ2n) is 4.80. The number of sulfonamides is 1. The third kappa shape index (κ3) is 6.15. The van der Waals surface area contributed by atoms with Crippen LogP contribution in [0.4, 0.5) is 8.78 Å². The Morgan fingerprint density at radius 3 is 2.48 bits per heavy atom. The number of rotatable bonds is 8. The van der Waals surface area contributed by atoms with Gasteiger partial charge in [-0.05, 0) is 18.9 Å². The molecule has 0 bridgehead atoms. The Kier molecular flexibility index (Phi) is 6.83. The molecule has 0 aromatic heterocycles. The van der Waals surface area contributed by atoms with Crippen LogP contribution >= 0.6 is 11.6 Å². The van der Waals surface area contributed by atoms with Crippen LogP contribution < -0.4 is 9.46 Å². The molecule has 0 saturated heterocycles. The molecule has 1 rings (SSSR count). The lowest BCUT2D eigenvalue weighted by Crippen LogP contribution is -2.32. The van der Waals surface area contributed by atoms with Crippen molar-refractivity contribution in [2.45, 2.75) is 26.5 Å². The van der Waals surface area contributed by atoms with Gasteiger partial charge >= 0.3 is 6.61 Å². The molecule has 0 spiro atoms. The summed E-state index contributed by atoms with van der Waals surface area (Å²) in [5.41, 5.74) is 0.347. The molecule has 2 unspecified atom stereocenters. The topological polar surface area (TPSA) is 55.4 Å². The summed E-state index contributed by atoms with van der Waals surface area (Å²) in [5.74, 6) is -0.156. The van der Waals surface area contributed by atoms with E-state index in [9.17, 15) is 17.2 Å². The van der Waals surface area contributed by atoms with Gasteiger partial charge < -0.3 is 4.74 Å². The minimum Gasteiger partial charge on any atom is -0.434 e. The molecule has 1 N–H and O–H groups in total. The lowest BCUT2D eigenvalue weighted by Gasteiger charge is -2.19. The molecule has 0 amide bonds. The molecule has 1 aromatic rings. The standard InChI is InChI=1S/C13H18ClF2NO3S/c1-9(7-14)8-21(18,19)17-10(2)11-5-3-4-6-12(11)20-13(15)16/h3-6,9-10,13,17H,7-8H2,1-2H3. The fraction of sp³-hybridized carbons (Fsp3) is 0.538. The Bertz CT molecular complexity index is 554. The molecule has 0 aliphatic rings. The maximum absolute atomic E-state index is 12.3. The summed E-state index contributed by atoms with van der Waals surface area (Å²) in [7, 11) is -3.56. The van der Waals surface area contributed by atoms with Crippen LogP contribution in [0.15, 0.2) is 24.3 Å². The number of halogens is 3. The first-order chi connectivity index (χ1) is 9.75. The van der Waals surface area contributed by atoms with E-state index >= 15 is 0 Å². The minimum atomic E-state index is -3.56. The van der Waals surface area contributed by atoms with Gasteiger partial charge in [0.15, 0.2) is 0 Å². The maximum Gasteiger partial charge on any atom is 0.387 e. The van der Waals surface area contributed by atoms with Gasteiger partial charge in [-0.1, -0.05) is 25.1 Å². The number of alkyl halides is 3. The van der Waals surface area contributed by atoms with Crippen molar-refractivity contribution in [1.82, 2.24) is 4.72 Å². The van der Waals surface area contributed by atoms with Crippen LogP contribution in [-0.2, 0) is 10.0 Å². The molecule has 8 heteroatoms. The summed E-state index contributed by atoms with van der Waals surface area (Å²) in [6.07, 6.45) is 0. The minimum absolute atomic E-state index is 0.0481. The Labute approximate surface area is 128 Å². The van der Waals surface area contributed by atoms with Gasteiger partial charge in [-0.15, -0.1) is 11.6 Å². The predicted molar refractivity (Wildman–Crippen MR) is 78.3 cm³/mol. The zero-order valence-electron chi connectivity index (χ0n) is 11.7. The molecule has 0 aliphatic heterocycles. The van der Waals surface area contributed by atoms with Crippen LogP contribution in [0.1, 0.15) is 25.5 Å². The highest BCUT2D eigenvalue weighted by molar-refractivity contribution is 7.89. The second-order valence-corrected chi connectivity index (χ2v) is 6.90. The number of nitrogens with one attached hydrogen (secondary N) is 1. The number of para-hydroxylation sites is 1. The Hall–Kier alpha value is -0.920. The Morgan fingerprint density at radius 2 is 1.90 bits per heavy atom. The molecule has 2 atom stereocenters. The highest BCUT2D eigenvalue weighted by atomic mass is 35.5. The van der Waals surface area contributed by atoms with E-state index < -0.39 is 22.7 Å². The van der Waals surface area contributed by atoms with Crippen molar-refractivity contribution in [2.75, 3.05) is 11.6 Å². The zero-order chi connectivity index (χ0) is 16.0. The summed E-state index contributed by atoms with van der Waals surface area (Å²) < 4.78 is 55.4. The monoisotopic (exact) mass is 341 g/mol. The van der Waals surface area contributed by atoms with Crippen molar-refractivity contribution in [2.24, 2.45) is 5.92 Å². The largest absolute Gasteiger partial charge is 0.434 e. The van der Waals surface area contributed by atoms with Crippen LogP contribution in [0, 0.1) is 5.92 Å². The van der Waals surface area contributed by atoms with Crippen LogP contribution in [-0.4, -0.2) is 26.7 Å². The van der Waals surface area contributed by atoms with Gasteiger partial charge in [0.05, 0.1) is 5.75 Å². The molecule has 0 radical (unpaired) electrons. The van der Waals surface area contributed by atoms with E-state index in [4.69, 9.17) is 11.6 Å². The van der Waals surface area contributed by atoms with Crippen molar-refractivity contribution in [3.8, 4) is 5.75 Å². The number of ether oxygens (including phenoxy) is 1. The van der Waals surface area contributed by atoms with E-state index in [1.54, 1.807) is 19.9 Å². The van der Waals surface area contributed by atoms with Crippen molar-refractivity contribution in [3.63, 3.8) is 0 Å². The molecule has 0 fully saturated rings. The van der Waals surface area contributed by atoms with Crippen LogP contribution in [0.2, 0.25) is 0 Å². The highest BCUT2D eigenvalue weighted by Crippen LogP contribution is 2.26. The normalized spacial score (nSPS) is 15.0. The molecule has 0 aliphatic carbocycles. The SMILES string of the molecule is CC(CCl)CS(=O)(=O)NC(C)c1ccccc1OC(F)F. The number of hydrogen-bond acceptors (Lipinski definition) is 3. The van der Waals surface area contributed by atoms with Crippen LogP contribution in [0.25, 0.3) is 0 Å². The van der Waals surface area contributed by atoms with Crippen molar-refractivity contribution < 1.29 is 21.9 Å². The van der Waals surface area contributed by atoms with Crippen molar-refractivity contribution in [3.05, 3.63) is 29.8 Å². The Balaban J connectivity index is 2.87. The third-order valence-corrected chi connectivity index (χ3v) is 4.97. The fourth-order valence-corrected chi connectivity index (χ4v) is 3.71. The second kappa shape index (κ2) is 7.91. The first kappa shape index (κ1) is 18.1. The van der Waals surface area contributed by atoms with Gasteiger partial charge in [0.2, 0.25) is 10.0 Å². The highest BCUT2D eigenvalue weighted by Gasteiger charge is 2.21. The van der Waals surface area contributed by atoms with E-state index in [-0.39, 0.29) is 23.3 Å². The average molecular weight is 342 g/mol. The van der Waals surface area contributed by atoms with Gasteiger partial charge in [-0.2, -0.15) is 8.78 Å². The molecule has 21 heavy (non-hydrogen) atoms. The Morgan fingerprint density at radius 1 is 1.29 bits per heavy atom. The summed E-state index contributed by atoms with van der Waals surface area (Å²) in [4.78, 5) is 0. The van der Waals surface area contributed by atoms with E-state index in [0.717, 1.165) is 0 Å². The molecule has 0 heterocycles. The molecular formula is C13H18ClF2NO3S.